The summed E-state index contributed by atoms with van der Waals surface area (Å²) in [5.41, 5.74) is 0. The molecule has 0 rings (SSSR count). The van der Waals surface area contributed by atoms with Crippen molar-refractivity contribution in [1.29, 1.82) is 0 Å². The number of carboxylic acids is 1. The van der Waals surface area contributed by atoms with Gasteiger partial charge in [0.2, 0.25) is 5.76 Å². The third-order valence-corrected chi connectivity index (χ3v) is 3.73. The zero-order chi connectivity index (χ0) is 17.9. The summed E-state index contributed by atoms with van der Waals surface area (Å²) in [7, 11) is 1.35. The van der Waals surface area contributed by atoms with E-state index in [9.17, 15) is 4.79 Å². The van der Waals surface area contributed by atoms with E-state index in [0.29, 0.717) is 0 Å². The van der Waals surface area contributed by atoms with E-state index in [4.69, 9.17) is 9.84 Å². The van der Waals surface area contributed by atoms with Gasteiger partial charge in [-0.05, 0) is 18.9 Å². The summed E-state index contributed by atoms with van der Waals surface area (Å²) in [6, 6.07) is 0. The Kier molecular flexibility index (Phi) is 16.3. The van der Waals surface area contributed by atoms with Gasteiger partial charge in [-0.2, -0.15) is 0 Å². The predicted molar refractivity (Wildman–Crippen MR) is 102 cm³/mol. The molecule has 0 spiro atoms. The molecule has 0 aliphatic rings. The number of hydrogen-bond acceptors (Lipinski definition) is 2. The number of hydrogen-bond donors (Lipinski definition) is 1. The van der Waals surface area contributed by atoms with Crippen LogP contribution in [-0.4, -0.2) is 18.2 Å². The molecule has 0 unspecified atom stereocenters. The van der Waals surface area contributed by atoms with Gasteiger partial charge in [-0.25, -0.2) is 4.79 Å². The Morgan fingerprint density at radius 2 is 1.38 bits per heavy atom. The van der Waals surface area contributed by atoms with Gasteiger partial charge in [-0.15, -0.1) is 0 Å². The smallest absolute Gasteiger partial charge is 0.371 e. The lowest BCUT2D eigenvalue weighted by atomic mass is 10.1. The molecule has 24 heavy (non-hydrogen) atoms. The zero-order valence-electron chi connectivity index (χ0n) is 15.4. The topological polar surface area (TPSA) is 46.5 Å². The third kappa shape index (κ3) is 15.1. The Balaban J connectivity index is 3.57. The van der Waals surface area contributed by atoms with Crippen LogP contribution in [0.25, 0.3) is 0 Å². The van der Waals surface area contributed by atoms with Gasteiger partial charge in [0.05, 0.1) is 7.11 Å². The minimum atomic E-state index is -1.06. The molecule has 0 fully saturated rings. The van der Waals surface area contributed by atoms with E-state index in [1.807, 2.05) is 18.2 Å². The maximum atomic E-state index is 10.7. The molecule has 0 aromatic heterocycles. The number of allylic oxidation sites excluding steroid dienone is 7. The fourth-order valence-electron chi connectivity index (χ4n) is 2.31. The van der Waals surface area contributed by atoms with Crippen LogP contribution in [0.1, 0.15) is 71.1 Å². The second kappa shape index (κ2) is 17.6. The van der Waals surface area contributed by atoms with Crippen LogP contribution in [0.15, 0.2) is 48.3 Å². The van der Waals surface area contributed by atoms with Crippen molar-refractivity contribution in [2.75, 3.05) is 7.11 Å². The molecular formula is C21H34O3. The highest BCUT2D eigenvalue weighted by Gasteiger charge is 2.02. The van der Waals surface area contributed by atoms with Crippen LogP contribution >= 0.6 is 0 Å². The molecule has 3 nitrogen and oxygen atoms in total. The Labute approximate surface area is 147 Å². The molecule has 0 radical (unpaired) electrons. The normalized spacial score (nSPS) is 12.7. The average molecular weight is 335 g/mol. The first-order valence-corrected chi connectivity index (χ1v) is 9.19. The van der Waals surface area contributed by atoms with Crippen molar-refractivity contribution < 1.29 is 14.6 Å². The van der Waals surface area contributed by atoms with Crippen LogP contribution in [-0.2, 0) is 9.53 Å². The fourth-order valence-corrected chi connectivity index (χ4v) is 2.31. The first-order valence-electron chi connectivity index (χ1n) is 9.19. The molecule has 0 amide bonds. The van der Waals surface area contributed by atoms with E-state index in [2.05, 4.69) is 13.0 Å². The standard InChI is InChI=1S/C21H34O3/c1-3-4-5-6-7-8-9-10-11-12-13-14-15-16-17-18-19-20(24-2)21(22)23/h13-19H,3-12H2,1-2H3,(H,22,23). The molecule has 1 N–H and O–H groups in total. The lowest BCUT2D eigenvalue weighted by Crippen LogP contribution is -2.01. The summed E-state index contributed by atoms with van der Waals surface area (Å²) >= 11 is 0. The Morgan fingerprint density at radius 3 is 1.96 bits per heavy atom. The van der Waals surface area contributed by atoms with Gasteiger partial charge in [0.15, 0.2) is 0 Å². The van der Waals surface area contributed by atoms with Crippen LogP contribution < -0.4 is 0 Å². The number of carbonyl (C=O) groups is 1. The fraction of sp³-hybridized carbons (Fsp3) is 0.571. The molecule has 0 atom stereocenters. The van der Waals surface area contributed by atoms with Gasteiger partial charge in [-0.3, -0.25) is 0 Å². The molecule has 0 bridgehead atoms. The molecule has 0 aliphatic heterocycles. The highest BCUT2D eigenvalue weighted by Crippen LogP contribution is 2.10. The predicted octanol–water partition coefficient (Wildman–Crippen LogP) is 6.19. The maximum Gasteiger partial charge on any atom is 0.371 e. The summed E-state index contributed by atoms with van der Waals surface area (Å²) in [6.45, 7) is 2.26. The largest absolute Gasteiger partial charge is 0.490 e. The summed E-state index contributed by atoms with van der Waals surface area (Å²) in [6.07, 6.45) is 26.2. The molecule has 0 heterocycles. The summed E-state index contributed by atoms with van der Waals surface area (Å²) < 4.78 is 4.71. The van der Waals surface area contributed by atoms with Gasteiger partial charge in [0, 0.05) is 0 Å². The van der Waals surface area contributed by atoms with Gasteiger partial charge < -0.3 is 9.84 Å². The van der Waals surface area contributed by atoms with E-state index < -0.39 is 5.97 Å². The molecule has 3 heteroatoms. The Morgan fingerprint density at radius 1 is 0.833 bits per heavy atom. The quantitative estimate of drug-likeness (QED) is 0.168. The minimum absolute atomic E-state index is 0.0689. The lowest BCUT2D eigenvalue weighted by molar-refractivity contribution is -0.136. The first kappa shape index (κ1) is 22.2. The molecule has 136 valence electrons. The van der Waals surface area contributed by atoms with Crippen molar-refractivity contribution in [3.63, 3.8) is 0 Å². The van der Waals surface area contributed by atoms with Crippen molar-refractivity contribution in [1.82, 2.24) is 0 Å². The summed E-state index contributed by atoms with van der Waals surface area (Å²) in [4.78, 5) is 10.7. The monoisotopic (exact) mass is 334 g/mol. The van der Waals surface area contributed by atoms with Crippen LogP contribution in [0, 0.1) is 0 Å². The number of ether oxygens (including phenoxy) is 1. The van der Waals surface area contributed by atoms with E-state index in [-0.39, 0.29) is 5.76 Å². The van der Waals surface area contributed by atoms with Crippen molar-refractivity contribution in [2.24, 2.45) is 0 Å². The van der Waals surface area contributed by atoms with E-state index in [1.165, 1.54) is 71.0 Å². The summed E-state index contributed by atoms with van der Waals surface area (Å²) in [5.74, 6) is -1.13. The third-order valence-electron chi connectivity index (χ3n) is 3.73. The minimum Gasteiger partial charge on any atom is -0.490 e. The van der Waals surface area contributed by atoms with Crippen LogP contribution in [0.5, 0.6) is 0 Å². The highest BCUT2D eigenvalue weighted by atomic mass is 16.5. The molecule has 0 saturated carbocycles. The number of aliphatic carboxylic acids is 1. The summed E-state index contributed by atoms with van der Waals surface area (Å²) in [5, 5.41) is 8.74. The van der Waals surface area contributed by atoms with Crippen LogP contribution in [0.3, 0.4) is 0 Å². The molecule has 0 saturated heterocycles. The lowest BCUT2D eigenvalue weighted by Gasteiger charge is -2.00. The van der Waals surface area contributed by atoms with Gasteiger partial charge in [-0.1, -0.05) is 94.7 Å². The molecule has 0 aromatic rings. The van der Waals surface area contributed by atoms with Gasteiger partial charge >= 0.3 is 5.97 Å². The Bertz CT molecular complexity index is 417. The maximum absolute atomic E-state index is 10.7. The molecule has 0 aliphatic carbocycles. The second-order valence-corrected chi connectivity index (χ2v) is 5.86. The number of carboxylic acid groups (broad SMARTS) is 1. The highest BCUT2D eigenvalue weighted by molar-refractivity contribution is 5.84. The van der Waals surface area contributed by atoms with Gasteiger partial charge in [0.1, 0.15) is 0 Å². The number of unbranched alkanes of at least 4 members (excludes halogenated alkanes) is 9. The first-order chi connectivity index (χ1) is 11.7. The molecular weight excluding hydrogens is 300 g/mol. The van der Waals surface area contributed by atoms with Crippen molar-refractivity contribution in [3.8, 4) is 0 Å². The zero-order valence-corrected chi connectivity index (χ0v) is 15.4. The van der Waals surface area contributed by atoms with E-state index in [1.54, 1.807) is 12.2 Å². The number of methoxy groups -OCH3 is 1. The SMILES string of the molecule is CCCCCCCCCCCC=CC=CC=CC=C(OC)C(=O)O. The number of rotatable bonds is 15. The second-order valence-electron chi connectivity index (χ2n) is 5.86. The van der Waals surface area contributed by atoms with Crippen LogP contribution in [0.4, 0.5) is 0 Å². The van der Waals surface area contributed by atoms with Gasteiger partial charge in [0.25, 0.3) is 0 Å². The van der Waals surface area contributed by atoms with Crippen molar-refractivity contribution in [3.05, 3.63) is 48.3 Å². The Hall–Kier alpha value is -1.77. The average Bonchev–Trinajstić information content (AvgIpc) is 2.57. The van der Waals surface area contributed by atoms with Crippen molar-refractivity contribution >= 4 is 5.97 Å². The van der Waals surface area contributed by atoms with E-state index >= 15 is 0 Å². The van der Waals surface area contributed by atoms with E-state index in [0.717, 1.165) is 6.42 Å². The van der Waals surface area contributed by atoms with Crippen molar-refractivity contribution in [2.45, 2.75) is 71.1 Å². The molecule has 0 aromatic carbocycles. The van der Waals surface area contributed by atoms with Crippen LogP contribution in [0.2, 0.25) is 0 Å².